The van der Waals surface area contributed by atoms with E-state index in [0.29, 0.717) is 29.8 Å². The lowest BCUT2D eigenvalue weighted by molar-refractivity contribution is -0.516. The lowest BCUT2D eigenvalue weighted by Gasteiger charge is -2.12. The van der Waals surface area contributed by atoms with Gasteiger partial charge in [-0.05, 0) is 30.2 Å². The number of halogens is 3. The Bertz CT molecular complexity index is 1610. The van der Waals surface area contributed by atoms with Crippen LogP contribution in [0.1, 0.15) is 17.0 Å². The van der Waals surface area contributed by atoms with Crippen LogP contribution < -0.4 is 15.8 Å². The number of nitrogens with two attached hydrogens (primary N) is 1. The van der Waals surface area contributed by atoms with Crippen LogP contribution in [0.5, 0.6) is 0 Å². The van der Waals surface area contributed by atoms with Crippen molar-refractivity contribution in [2.75, 3.05) is 5.73 Å². The average Bonchev–Trinajstić information content (AvgIpc) is 3.19. The number of hydrogen-bond donors (Lipinski definition) is 2. The number of nitrogens with one attached hydrogen (secondary N) is 1. The van der Waals surface area contributed by atoms with Crippen molar-refractivity contribution in [1.82, 2.24) is 19.7 Å². The van der Waals surface area contributed by atoms with Gasteiger partial charge in [0.2, 0.25) is 5.65 Å². The topological polar surface area (TPSA) is 93.7 Å². The van der Waals surface area contributed by atoms with Crippen LogP contribution in [-0.2, 0) is 19.1 Å². The molecule has 0 bridgehead atoms. The van der Waals surface area contributed by atoms with Crippen LogP contribution in [-0.4, -0.2) is 19.7 Å². The average molecular weight is 491 g/mol. The Labute approximate surface area is 203 Å². The van der Waals surface area contributed by atoms with E-state index in [1.165, 1.54) is 22.1 Å². The second kappa shape index (κ2) is 8.95. The molecule has 2 aromatic carbocycles. The Hall–Kier alpha value is -4.47. The Morgan fingerprint density at radius 1 is 0.972 bits per heavy atom. The van der Waals surface area contributed by atoms with E-state index in [1.807, 2.05) is 36.4 Å². The van der Waals surface area contributed by atoms with Crippen molar-refractivity contribution in [2.24, 2.45) is 0 Å². The van der Waals surface area contributed by atoms with Crippen LogP contribution in [0.4, 0.5) is 19.1 Å². The predicted octanol–water partition coefficient (Wildman–Crippen LogP) is 4.19. The van der Waals surface area contributed by atoms with Crippen molar-refractivity contribution in [3.8, 4) is 22.4 Å². The van der Waals surface area contributed by atoms with Crippen LogP contribution in [0.25, 0.3) is 28.0 Å². The summed E-state index contributed by atoms with van der Waals surface area (Å²) in [5.74, 6) is -0.0749. The molecule has 0 atom stereocenters. The molecule has 0 radical (unpaired) electrons. The molecule has 5 rings (SSSR count). The van der Waals surface area contributed by atoms with Gasteiger partial charge < -0.3 is 5.73 Å². The van der Waals surface area contributed by atoms with Gasteiger partial charge in [0.05, 0.1) is 12.1 Å². The number of alkyl halides is 3. The summed E-state index contributed by atoms with van der Waals surface area (Å²) >= 11 is 0. The van der Waals surface area contributed by atoms with Gasteiger partial charge in [0, 0.05) is 17.7 Å². The Kier molecular flexibility index (Phi) is 5.79. The molecule has 182 valence electrons. The van der Waals surface area contributed by atoms with Crippen molar-refractivity contribution >= 4 is 11.6 Å². The van der Waals surface area contributed by atoms with E-state index in [0.717, 1.165) is 11.6 Å². The molecule has 0 saturated carbocycles. The summed E-state index contributed by atoms with van der Waals surface area (Å²) in [6.07, 6.45) is -4.08. The van der Waals surface area contributed by atoms with E-state index >= 15 is 0 Å². The SMILES string of the molecule is Cc1cc(-c2c(-c3ccccc3)nc(N)[n+]3c(=O)n(CCc4ccccc4)[nH]c23)cc(C(F)(F)F)n1. The third-order valence-electron chi connectivity index (χ3n) is 5.86. The molecule has 0 aliphatic heterocycles. The molecule has 0 amide bonds. The van der Waals surface area contributed by atoms with Gasteiger partial charge in [-0.15, -0.1) is 9.38 Å². The van der Waals surface area contributed by atoms with Crippen molar-refractivity contribution in [1.29, 1.82) is 0 Å². The number of H-pyrrole nitrogens is 1. The van der Waals surface area contributed by atoms with E-state index in [2.05, 4.69) is 15.1 Å². The second-order valence-electron chi connectivity index (χ2n) is 8.41. The molecule has 36 heavy (non-hydrogen) atoms. The molecular weight excluding hydrogens is 469 g/mol. The largest absolute Gasteiger partial charge is 0.433 e. The zero-order valence-corrected chi connectivity index (χ0v) is 19.3. The fourth-order valence-electron chi connectivity index (χ4n) is 4.23. The number of fused-ring (bicyclic) bond motifs is 1. The van der Waals surface area contributed by atoms with Gasteiger partial charge in [0.25, 0.3) is 0 Å². The number of anilines is 1. The maximum absolute atomic E-state index is 13.6. The molecule has 5 aromatic rings. The summed E-state index contributed by atoms with van der Waals surface area (Å²) in [5, 5.41) is 3.08. The molecule has 0 saturated heterocycles. The highest BCUT2D eigenvalue weighted by Crippen LogP contribution is 2.36. The number of aromatic nitrogens is 5. The number of nitrogens with zero attached hydrogens (tertiary/aromatic N) is 4. The molecule has 0 spiro atoms. The Balaban J connectivity index is 1.77. The molecule has 0 fully saturated rings. The van der Waals surface area contributed by atoms with E-state index in [-0.39, 0.29) is 22.9 Å². The highest BCUT2D eigenvalue weighted by Gasteiger charge is 2.34. The Morgan fingerprint density at radius 3 is 2.31 bits per heavy atom. The van der Waals surface area contributed by atoms with Crippen LogP contribution in [0.2, 0.25) is 0 Å². The molecular formula is C26H22F3N6O+. The van der Waals surface area contributed by atoms with Gasteiger partial charge in [-0.1, -0.05) is 60.7 Å². The van der Waals surface area contributed by atoms with Crippen molar-refractivity contribution in [3.63, 3.8) is 0 Å². The highest BCUT2D eigenvalue weighted by atomic mass is 19.4. The summed E-state index contributed by atoms with van der Waals surface area (Å²) in [7, 11) is 0. The van der Waals surface area contributed by atoms with Crippen LogP contribution >= 0.6 is 0 Å². The standard InChI is InChI=1S/C26H21F3N6O/c1-16-14-19(15-20(31-16)26(27,28)29)21-22(18-10-6-3-7-11-18)32-24(30)35-23(21)33-34(25(35)36)13-12-17-8-4-2-5-9-17/h2-11,14-15H,12-13H2,1H3,(H2,30,31,32,33)/p+1. The number of nitrogen functional groups attached to an aromatic ring is 1. The minimum atomic E-state index is -4.64. The van der Waals surface area contributed by atoms with E-state index < -0.39 is 17.6 Å². The molecule has 0 aliphatic carbocycles. The third-order valence-corrected chi connectivity index (χ3v) is 5.86. The first-order chi connectivity index (χ1) is 17.2. The minimum Gasteiger partial charge on any atom is -0.319 e. The van der Waals surface area contributed by atoms with Gasteiger partial charge in [-0.3, -0.25) is 0 Å². The van der Waals surface area contributed by atoms with E-state index in [4.69, 9.17) is 5.73 Å². The summed E-state index contributed by atoms with van der Waals surface area (Å²) in [4.78, 5) is 21.4. The smallest absolute Gasteiger partial charge is 0.319 e. The minimum absolute atomic E-state index is 0.0749. The molecule has 0 unspecified atom stereocenters. The zero-order chi connectivity index (χ0) is 25.4. The van der Waals surface area contributed by atoms with Gasteiger partial charge >= 0.3 is 17.8 Å². The molecule has 0 aliphatic rings. The molecule has 10 heteroatoms. The fourth-order valence-corrected chi connectivity index (χ4v) is 4.23. The molecule has 3 heterocycles. The first-order valence-electron chi connectivity index (χ1n) is 11.2. The second-order valence-corrected chi connectivity index (χ2v) is 8.41. The summed E-state index contributed by atoms with van der Waals surface area (Å²) in [6, 6.07) is 21.1. The fraction of sp³-hybridized carbons (Fsp3) is 0.154. The monoisotopic (exact) mass is 491 g/mol. The zero-order valence-electron chi connectivity index (χ0n) is 19.3. The van der Waals surface area contributed by atoms with Crippen LogP contribution in [0.15, 0.2) is 77.6 Å². The number of hydrogen-bond acceptors (Lipinski definition) is 4. The lowest BCUT2D eigenvalue weighted by atomic mass is 9.99. The summed E-state index contributed by atoms with van der Waals surface area (Å²) in [5.41, 5.74) is 7.71. The van der Waals surface area contributed by atoms with Crippen molar-refractivity contribution in [2.45, 2.75) is 26.1 Å². The number of aromatic amines is 1. The van der Waals surface area contributed by atoms with Gasteiger partial charge in [-0.25, -0.2) is 14.9 Å². The first-order valence-corrected chi connectivity index (χ1v) is 11.2. The quantitative estimate of drug-likeness (QED) is 0.361. The van der Waals surface area contributed by atoms with E-state index in [9.17, 15) is 18.0 Å². The van der Waals surface area contributed by atoms with E-state index in [1.54, 1.807) is 24.3 Å². The number of rotatable bonds is 5. The summed E-state index contributed by atoms with van der Waals surface area (Å²) in [6.45, 7) is 1.80. The molecule has 7 nitrogen and oxygen atoms in total. The van der Waals surface area contributed by atoms with Crippen LogP contribution in [0, 0.1) is 6.92 Å². The number of pyridine rings is 1. The number of aryl methyl sites for hydroxylation is 3. The highest BCUT2D eigenvalue weighted by molar-refractivity contribution is 5.88. The normalized spacial score (nSPS) is 11.8. The van der Waals surface area contributed by atoms with Crippen molar-refractivity contribution in [3.05, 3.63) is 100 Å². The first kappa shape index (κ1) is 23.3. The van der Waals surface area contributed by atoms with Crippen molar-refractivity contribution < 1.29 is 17.6 Å². The van der Waals surface area contributed by atoms with Gasteiger partial charge in [0.15, 0.2) is 0 Å². The Morgan fingerprint density at radius 2 is 1.64 bits per heavy atom. The summed E-state index contributed by atoms with van der Waals surface area (Å²) < 4.78 is 43.5. The third kappa shape index (κ3) is 4.33. The molecule has 3 N–H and O–H groups in total. The number of benzene rings is 2. The van der Waals surface area contributed by atoms with Gasteiger partial charge in [-0.2, -0.15) is 17.9 Å². The molecule has 3 aromatic heterocycles. The maximum atomic E-state index is 13.6. The predicted molar refractivity (Wildman–Crippen MR) is 129 cm³/mol. The maximum Gasteiger partial charge on any atom is 0.433 e. The van der Waals surface area contributed by atoms with Crippen LogP contribution in [0.3, 0.4) is 0 Å². The van der Waals surface area contributed by atoms with Gasteiger partial charge in [0.1, 0.15) is 11.4 Å². The lowest BCUT2D eigenvalue weighted by Crippen LogP contribution is -2.44.